The van der Waals surface area contributed by atoms with Crippen LogP contribution in [0.15, 0.2) is 29.0 Å². The minimum atomic E-state index is -1.17. The van der Waals surface area contributed by atoms with Crippen LogP contribution in [0.3, 0.4) is 0 Å². The van der Waals surface area contributed by atoms with E-state index in [1.807, 2.05) is 20.8 Å². The second-order valence-electron chi connectivity index (χ2n) is 7.28. The molecule has 1 saturated carbocycles. The molecule has 2 aromatic heterocycles. The average molecular weight is 359 g/mol. The largest absolute Gasteiger partial charge is 0.476 e. The fraction of sp³-hybridized carbons (Fsp3) is 0.444. The third kappa shape index (κ3) is 4.38. The van der Waals surface area contributed by atoms with Gasteiger partial charge >= 0.3 is 12.1 Å². The fourth-order valence-corrected chi connectivity index (χ4v) is 2.34. The van der Waals surface area contributed by atoms with Crippen LogP contribution < -0.4 is 4.90 Å². The molecule has 0 bridgehead atoms. The number of aromatic nitrogens is 2. The Kier molecular flexibility index (Phi) is 4.67. The average Bonchev–Trinajstić information content (AvgIpc) is 3.23. The van der Waals surface area contributed by atoms with Crippen LogP contribution in [0.2, 0.25) is 0 Å². The van der Waals surface area contributed by atoms with Crippen LogP contribution in [0, 0.1) is 5.92 Å². The van der Waals surface area contributed by atoms with E-state index < -0.39 is 17.7 Å². The molecule has 0 unspecified atom stereocenters. The number of hydrogen-bond acceptors (Lipinski definition) is 6. The summed E-state index contributed by atoms with van der Waals surface area (Å²) in [4.78, 5) is 33.3. The van der Waals surface area contributed by atoms with Crippen LogP contribution in [-0.2, 0) is 4.74 Å². The Hall–Kier alpha value is -2.90. The number of hydrogen-bond donors (Lipinski definition) is 1. The van der Waals surface area contributed by atoms with Crippen LogP contribution in [0.4, 0.5) is 10.6 Å². The SMILES string of the molecule is CC(C)(C)OC(=O)N(CC1CC1)c1cc(-c2nc(C(=O)O)co2)ccn1. The number of carboxylic acids is 1. The first-order valence-electron chi connectivity index (χ1n) is 8.39. The summed E-state index contributed by atoms with van der Waals surface area (Å²) >= 11 is 0. The van der Waals surface area contributed by atoms with Crippen LogP contribution in [0.5, 0.6) is 0 Å². The zero-order valence-corrected chi connectivity index (χ0v) is 14.9. The maximum Gasteiger partial charge on any atom is 0.416 e. The lowest BCUT2D eigenvalue weighted by Crippen LogP contribution is -2.38. The number of carbonyl (C=O) groups is 2. The van der Waals surface area contributed by atoms with Gasteiger partial charge < -0.3 is 14.3 Å². The van der Waals surface area contributed by atoms with Gasteiger partial charge in [0.15, 0.2) is 5.69 Å². The molecule has 1 fully saturated rings. The maximum absolute atomic E-state index is 12.6. The molecule has 138 valence electrons. The van der Waals surface area contributed by atoms with Gasteiger partial charge in [-0.05, 0) is 51.7 Å². The molecule has 1 amide bonds. The number of amides is 1. The molecule has 8 heteroatoms. The van der Waals surface area contributed by atoms with Crippen molar-refractivity contribution in [1.29, 1.82) is 0 Å². The first-order chi connectivity index (χ1) is 12.2. The maximum atomic E-state index is 12.6. The Balaban J connectivity index is 1.88. The molecule has 8 nitrogen and oxygen atoms in total. The standard InChI is InChI=1S/C18H21N3O5/c1-18(2,3)26-17(24)21(9-11-4-5-11)14-8-12(6-7-19-14)15-20-13(10-25-15)16(22)23/h6-8,10-11H,4-5,9H2,1-3H3,(H,22,23). The highest BCUT2D eigenvalue weighted by molar-refractivity contribution is 5.88. The second kappa shape index (κ2) is 6.78. The van der Waals surface area contributed by atoms with Crippen LogP contribution in [0.1, 0.15) is 44.1 Å². The van der Waals surface area contributed by atoms with Crippen molar-refractivity contribution in [1.82, 2.24) is 9.97 Å². The summed E-state index contributed by atoms with van der Waals surface area (Å²) in [6.45, 7) is 5.95. The molecule has 0 radical (unpaired) electrons. The van der Waals surface area contributed by atoms with Gasteiger partial charge in [0, 0.05) is 18.3 Å². The summed E-state index contributed by atoms with van der Waals surface area (Å²) in [5.74, 6) is -0.160. The van der Waals surface area contributed by atoms with E-state index in [1.165, 1.54) is 11.1 Å². The quantitative estimate of drug-likeness (QED) is 0.869. The molecule has 0 spiro atoms. The lowest BCUT2D eigenvalue weighted by atomic mass is 10.2. The van der Waals surface area contributed by atoms with E-state index in [1.54, 1.807) is 12.1 Å². The van der Waals surface area contributed by atoms with E-state index >= 15 is 0 Å². The molecule has 1 aliphatic carbocycles. The first kappa shape index (κ1) is 17.9. The van der Waals surface area contributed by atoms with Crippen LogP contribution in [-0.4, -0.2) is 39.3 Å². The molecule has 26 heavy (non-hydrogen) atoms. The molecule has 3 rings (SSSR count). The van der Waals surface area contributed by atoms with Crippen molar-refractivity contribution < 1.29 is 23.8 Å². The van der Waals surface area contributed by atoms with Gasteiger partial charge in [0.05, 0.1) is 0 Å². The van der Waals surface area contributed by atoms with Gasteiger partial charge in [0.2, 0.25) is 5.89 Å². The third-order valence-electron chi connectivity index (χ3n) is 3.74. The Labute approximate surface area is 150 Å². The molecular weight excluding hydrogens is 338 g/mol. The molecule has 0 aliphatic heterocycles. The fourth-order valence-electron chi connectivity index (χ4n) is 2.34. The van der Waals surface area contributed by atoms with E-state index in [-0.39, 0.29) is 11.6 Å². The van der Waals surface area contributed by atoms with Crippen molar-refractivity contribution in [2.75, 3.05) is 11.4 Å². The summed E-state index contributed by atoms with van der Waals surface area (Å²) in [7, 11) is 0. The van der Waals surface area contributed by atoms with E-state index in [4.69, 9.17) is 14.3 Å². The number of rotatable bonds is 5. The van der Waals surface area contributed by atoms with Crippen molar-refractivity contribution in [3.05, 3.63) is 30.3 Å². The van der Waals surface area contributed by atoms with Gasteiger partial charge in [0.1, 0.15) is 17.7 Å². The van der Waals surface area contributed by atoms with Crippen molar-refractivity contribution in [3.63, 3.8) is 0 Å². The summed E-state index contributed by atoms with van der Waals surface area (Å²) in [6.07, 6.45) is 4.28. The number of oxazole rings is 1. The van der Waals surface area contributed by atoms with E-state index in [0.717, 1.165) is 19.1 Å². The summed E-state index contributed by atoms with van der Waals surface area (Å²) in [5, 5.41) is 8.97. The van der Waals surface area contributed by atoms with Crippen molar-refractivity contribution in [2.45, 2.75) is 39.2 Å². The number of nitrogens with zero attached hydrogens (tertiary/aromatic N) is 3. The minimum Gasteiger partial charge on any atom is -0.476 e. The number of carbonyl (C=O) groups excluding carboxylic acids is 1. The molecule has 0 saturated heterocycles. The zero-order chi connectivity index (χ0) is 18.9. The minimum absolute atomic E-state index is 0.154. The van der Waals surface area contributed by atoms with Gasteiger partial charge in [-0.15, -0.1) is 0 Å². The highest BCUT2D eigenvalue weighted by Gasteiger charge is 2.31. The Morgan fingerprint density at radius 2 is 2.12 bits per heavy atom. The Morgan fingerprint density at radius 1 is 1.38 bits per heavy atom. The zero-order valence-electron chi connectivity index (χ0n) is 14.9. The van der Waals surface area contributed by atoms with Crippen LogP contribution in [0.25, 0.3) is 11.5 Å². The Morgan fingerprint density at radius 3 is 2.69 bits per heavy atom. The number of anilines is 1. The van der Waals surface area contributed by atoms with Gasteiger partial charge in [-0.25, -0.2) is 19.6 Å². The predicted octanol–water partition coefficient (Wildman–Crippen LogP) is 3.59. The summed E-state index contributed by atoms with van der Waals surface area (Å²) in [6, 6.07) is 3.29. The van der Waals surface area contributed by atoms with Crippen molar-refractivity contribution in [2.24, 2.45) is 5.92 Å². The molecule has 2 aromatic rings. The molecule has 0 atom stereocenters. The van der Waals surface area contributed by atoms with Crippen molar-refractivity contribution >= 4 is 17.9 Å². The van der Waals surface area contributed by atoms with E-state index in [0.29, 0.717) is 23.8 Å². The molecule has 0 aromatic carbocycles. The lowest BCUT2D eigenvalue weighted by molar-refractivity contribution is 0.0576. The van der Waals surface area contributed by atoms with Gasteiger partial charge in [-0.1, -0.05) is 0 Å². The molecule has 1 aliphatic rings. The molecular formula is C18H21N3O5. The normalized spacial score (nSPS) is 14.1. The second-order valence-corrected chi connectivity index (χ2v) is 7.28. The van der Waals surface area contributed by atoms with Gasteiger partial charge in [0.25, 0.3) is 0 Å². The van der Waals surface area contributed by atoms with E-state index in [2.05, 4.69) is 9.97 Å². The lowest BCUT2D eigenvalue weighted by Gasteiger charge is -2.27. The molecule has 1 N–H and O–H groups in total. The topological polar surface area (TPSA) is 106 Å². The summed E-state index contributed by atoms with van der Waals surface area (Å²) < 4.78 is 10.7. The highest BCUT2D eigenvalue weighted by atomic mass is 16.6. The number of aromatic carboxylic acids is 1. The van der Waals surface area contributed by atoms with Crippen molar-refractivity contribution in [3.8, 4) is 11.5 Å². The number of carboxylic acid groups (broad SMARTS) is 1. The monoisotopic (exact) mass is 359 g/mol. The van der Waals surface area contributed by atoms with Gasteiger partial charge in [-0.2, -0.15) is 0 Å². The third-order valence-corrected chi connectivity index (χ3v) is 3.74. The smallest absolute Gasteiger partial charge is 0.416 e. The van der Waals surface area contributed by atoms with Crippen LogP contribution >= 0.6 is 0 Å². The number of ether oxygens (including phenoxy) is 1. The Bertz CT molecular complexity index is 820. The first-order valence-corrected chi connectivity index (χ1v) is 8.39. The molecule has 2 heterocycles. The highest BCUT2D eigenvalue weighted by Crippen LogP contribution is 2.32. The number of pyridine rings is 1. The van der Waals surface area contributed by atoms with E-state index in [9.17, 15) is 9.59 Å². The van der Waals surface area contributed by atoms with Gasteiger partial charge in [-0.3, -0.25) is 4.90 Å². The predicted molar refractivity (Wildman–Crippen MR) is 93.0 cm³/mol. The summed E-state index contributed by atoms with van der Waals surface area (Å²) in [5.41, 5.74) is -0.262.